The molecule has 1 nitrogen and oxygen atoms in total. The Bertz CT molecular complexity index is 827. The van der Waals surface area contributed by atoms with E-state index in [0.29, 0.717) is 0 Å². The van der Waals surface area contributed by atoms with E-state index >= 15 is 0 Å². The zero-order valence-electron chi connectivity index (χ0n) is 12.1. The minimum absolute atomic E-state index is 0.168. The highest BCUT2D eigenvalue weighted by molar-refractivity contribution is 5.54. The van der Waals surface area contributed by atoms with Gasteiger partial charge in [-0.15, -0.1) is 0 Å². The standard InChI is InChI=1S/C16H9F8N/c17-13(18)8-1-3-9(4-2-8)14(19,20)16(23,24)11-6-5-10(7-12(11)25)15(13,21)22/h1-7H,25H2. The average Bonchev–Trinajstić information content (AvgIpc) is 2.53. The maximum Gasteiger partial charge on any atom is 0.341 e. The summed E-state index contributed by atoms with van der Waals surface area (Å²) in [5.74, 6) is -19.2. The molecule has 0 saturated heterocycles. The summed E-state index contributed by atoms with van der Waals surface area (Å²) in [6.45, 7) is 0. The summed E-state index contributed by atoms with van der Waals surface area (Å²) in [5, 5.41) is 0. The van der Waals surface area contributed by atoms with Gasteiger partial charge >= 0.3 is 23.7 Å². The maximum atomic E-state index is 14.3. The number of alkyl halides is 8. The Balaban J connectivity index is 2.41. The number of anilines is 1. The van der Waals surface area contributed by atoms with Gasteiger partial charge in [0.25, 0.3) is 0 Å². The van der Waals surface area contributed by atoms with Gasteiger partial charge in [0.2, 0.25) is 0 Å². The van der Waals surface area contributed by atoms with Crippen LogP contribution in [-0.2, 0) is 23.7 Å². The highest BCUT2D eigenvalue weighted by Crippen LogP contribution is 2.55. The van der Waals surface area contributed by atoms with E-state index in [1.54, 1.807) is 0 Å². The number of benzene rings is 2. The van der Waals surface area contributed by atoms with E-state index in [2.05, 4.69) is 0 Å². The van der Waals surface area contributed by atoms with E-state index in [0.717, 1.165) is 0 Å². The molecule has 134 valence electrons. The van der Waals surface area contributed by atoms with Crippen molar-refractivity contribution >= 4 is 5.69 Å². The van der Waals surface area contributed by atoms with Crippen molar-refractivity contribution in [1.29, 1.82) is 0 Å². The highest BCUT2D eigenvalue weighted by atomic mass is 19.3. The molecule has 4 aliphatic rings. The number of halogens is 8. The summed E-state index contributed by atoms with van der Waals surface area (Å²) in [5.41, 5.74) is -1.29. The molecule has 6 rings (SSSR count). The van der Waals surface area contributed by atoms with Crippen molar-refractivity contribution in [2.75, 3.05) is 5.73 Å². The molecule has 0 radical (unpaired) electrons. The monoisotopic (exact) mass is 367 g/mol. The third-order valence-corrected chi connectivity index (χ3v) is 4.15. The fourth-order valence-corrected chi connectivity index (χ4v) is 2.65. The van der Waals surface area contributed by atoms with Crippen molar-refractivity contribution in [2.24, 2.45) is 0 Å². The molecular formula is C16H9F8N. The van der Waals surface area contributed by atoms with Crippen LogP contribution in [0.4, 0.5) is 40.8 Å². The van der Waals surface area contributed by atoms with Crippen LogP contribution in [0.15, 0.2) is 42.5 Å². The van der Waals surface area contributed by atoms with Gasteiger partial charge in [-0.3, -0.25) is 0 Å². The second-order valence-corrected chi connectivity index (χ2v) is 5.68. The molecule has 9 heteroatoms. The van der Waals surface area contributed by atoms with Gasteiger partial charge in [0.05, 0.1) is 5.56 Å². The number of hydrogen-bond donors (Lipinski definition) is 1. The molecule has 4 aliphatic carbocycles. The molecule has 25 heavy (non-hydrogen) atoms. The SMILES string of the molecule is Nc1cc2ccc1C(F)(F)C(F)(F)c1ccc(cc1)C(F)(F)C2(F)F. The minimum atomic E-state index is -4.84. The van der Waals surface area contributed by atoms with E-state index in [4.69, 9.17) is 5.73 Å². The quantitative estimate of drug-likeness (QED) is 0.493. The van der Waals surface area contributed by atoms with Gasteiger partial charge in [0.15, 0.2) is 0 Å². The summed E-state index contributed by atoms with van der Waals surface area (Å²) >= 11 is 0. The van der Waals surface area contributed by atoms with Crippen molar-refractivity contribution in [1.82, 2.24) is 0 Å². The molecule has 0 aromatic heterocycles. The largest absolute Gasteiger partial charge is 0.398 e. The van der Waals surface area contributed by atoms with Crippen molar-refractivity contribution in [3.8, 4) is 0 Å². The summed E-state index contributed by atoms with van der Waals surface area (Å²) in [6, 6.07) is 1.75. The van der Waals surface area contributed by atoms with Crippen molar-refractivity contribution < 1.29 is 35.1 Å². The maximum absolute atomic E-state index is 14.3. The first-order valence-electron chi connectivity index (χ1n) is 6.86. The van der Waals surface area contributed by atoms with Gasteiger partial charge in [-0.05, 0) is 6.07 Å². The lowest BCUT2D eigenvalue weighted by Crippen LogP contribution is -2.39. The third-order valence-electron chi connectivity index (χ3n) is 4.15. The predicted molar refractivity (Wildman–Crippen MR) is 72.9 cm³/mol. The summed E-state index contributed by atoms with van der Waals surface area (Å²) in [6.07, 6.45) is 0. The summed E-state index contributed by atoms with van der Waals surface area (Å²) < 4.78 is 114. The first-order chi connectivity index (χ1) is 11.3. The first-order valence-corrected chi connectivity index (χ1v) is 6.86. The van der Waals surface area contributed by atoms with Crippen LogP contribution >= 0.6 is 0 Å². The van der Waals surface area contributed by atoms with Crippen molar-refractivity contribution in [3.63, 3.8) is 0 Å². The number of hydrogen-bond acceptors (Lipinski definition) is 1. The number of nitrogens with two attached hydrogens (primary N) is 1. The predicted octanol–water partition coefficient (Wildman–Crippen LogP) is 5.35. The summed E-state index contributed by atoms with van der Waals surface area (Å²) in [4.78, 5) is 0. The van der Waals surface area contributed by atoms with Crippen LogP contribution in [0.25, 0.3) is 0 Å². The van der Waals surface area contributed by atoms with Gasteiger partial charge in [-0.1, -0.05) is 36.4 Å². The van der Waals surface area contributed by atoms with Crippen molar-refractivity contribution in [3.05, 3.63) is 64.7 Å². The van der Waals surface area contributed by atoms with Gasteiger partial charge in [0.1, 0.15) is 0 Å². The fourth-order valence-electron chi connectivity index (χ4n) is 2.65. The number of rotatable bonds is 0. The second kappa shape index (κ2) is 4.86. The molecule has 0 aliphatic heterocycles. The van der Waals surface area contributed by atoms with Crippen LogP contribution in [-0.4, -0.2) is 0 Å². The molecule has 0 spiro atoms. The van der Waals surface area contributed by atoms with Crippen LogP contribution in [0.3, 0.4) is 0 Å². The Morgan fingerprint density at radius 3 is 1.32 bits per heavy atom. The van der Waals surface area contributed by atoms with E-state index in [9.17, 15) is 35.1 Å². The van der Waals surface area contributed by atoms with Gasteiger partial charge < -0.3 is 5.73 Å². The van der Waals surface area contributed by atoms with Crippen LogP contribution in [0.5, 0.6) is 0 Å². The normalized spacial score (nSPS) is 22.2. The zero-order chi connectivity index (χ0) is 18.8. The molecule has 2 aromatic rings. The molecule has 0 atom stereocenters. The Kier molecular flexibility index (Phi) is 3.40. The van der Waals surface area contributed by atoms with Gasteiger partial charge in [-0.25, -0.2) is 0 Å². The van der Waals surface area contributed by atoms with E-state index in [1.165, 1.54) is 0 Å². The topological polar surface area (TPSA) is 26.0 Å². The van der Waals surface area contributed by atoms with Gasteiger partial charge in [-0.2, -0.15) is 35.1 Å². The molecule has 2 aromatic carbocycles. The lowest BCUT2D eigenvalue weighted by Gasteiger charge is -2.32. The molecule has 0 amide bonds. The average molecular weight is 367 g/mol. The Hall–Kier alpha value is -2.32. The van der Waals surface area contributed by atoms with E-state index in [1.807, 2.05) is 0 Å². The highest BCUT2D eigenvalue weighted by Gasteiger charge is 2.62. The minimum Gasteiger partial charge on any atom is -0.398 e. The molecular weight excluding hydrogens is 358 g/mol. The first kappa shape index (κ1) is 17.5. The third kappa shape index (κ3) is 2.14. The zero-order valence-corrected chi connectivity index (χ0v) is 12.1. The Morgan fingerprint density at radius 2 is 0.880 bits per heavy atom. The smallest absolute Gasteiger partial charge is 0.341 e. The Labute approximate surface area is 136 Å². The molecule has 0 heterocycles. The van der Waals surface area contributed by atoms with Crippen LogP contribution < -0.4 is 5.73 Å². The fraction of sp³-hybridized carbons (Fsp3) is 0.250. The van der Waals surface area contributed by atoms with E-state index < -0.39 is 51.6 Å². The van der Waals surface area contributed by atoms with Crippen LogP contribution in [0, 0.1) is 0 Å². The molecule has 0 saturated carbocycles. The molecule has 2 N–H and O–H groups in total. The van der Waals surface area contributed by atoms with Crippen LogP contribution in [0.1, 0.15) is 22.3 Å². The van der Waals surface area contributed by atoms with Crippen LogP contribution in [0.2, 0.25) is 0 Å². The molecule has 0 fully saturated rings. The molecule has 4 bridgehead atoms. The lowest BCUT2D eigenvalue weighted by molar-refractivity contribution is -0.227. The molecule has 0 unspecified atom stereocenters. The summed E-state index contributed by atoms with van der Waals surface area (Å²) in [7, 11) is 0. The number of nitrogen functional groups attached to an aromatic ring is 1. The Morgan fingerprint density at radius 1 is 0.520 bits per heavy atom. The second-order valence-electron chi connectivity index (χ2n) is 5.68. The van der Waals surface area contributed by atoms with Gasteiger partial charge in [0, 0.05) is 22.4 Å². The van der Waals surface area contributed by atoms with E-state index in [-0.39, 0.29) is 42.5 Å². The lowest BCUT2D eigenvalue weighted by atomic mass is 9.88. The van der Waals surface area contributed by atoms with Crippen molar-refractivity contribution in [2.45, 2.75) is 23.7 Å².